The van der Waals surface area contributed by atoms with Gasteiger partial charge in [0, 0.05) is 37.8 Å². The van der Waals surface area contributed by atoms with E-state index in [4.69, 9.17) is 0 Å². The Morgan fingerprint density at radius 3 is 1.65 bits per heavy atom. The van der Waals surface area contributed by atoms with Crippen molar-refractivity contribution >= 4 is 0 Å². The molecule has 0 unspecified atom stereocenters. The highest BCUT2D eigenvalue weighted by atomic mass is 15.3. The molecule has 2 nitrogen and oxygen atoms in total. The molecule has 0 spiro atoms. The minimum Gasteiger partial charge on any atom is -0.297 e. The third kappa shape index (κ3) is 2.66. The number of nitrogens with zero attached hydrogens (tertiary/aromatic N) is 2. The SMILES string of the molecule is CC(C)(C)C1C[C@H]2CN(C3CN(C(C)(C)C)C3)C[C@@H]2C1. The van der Waals surface area contributed by atoms with Crippen molar-refractivity contribution in [2.45, 2.75) is 66.0 Å². The predicted octanol–water partition coefficient (Wildman–Crippen LogP) is 3.47. The Bertz CT molecular complexity index is 343. The number of hydrogen-bond donors (Lipinski definition) is 0. The van der Waals surface area contributed by atoms with Gasteiger partial charge in [-0.05, 0) is 56.8 Å². The van der Waals surface area contributed by atoms with E-state index in [0.717, 1.165) is 23.8 Å². The fourth-order valence-corrected chi connectivity index (χ4v) is 4.58. The van der Waals surface area contributed by atoms with E-state index in [2.05, 4.69) is 51.3 Å². The second kappa shape index (κ2) is 4.71. The molecule has 3 aliphatic rings. The zero-order valence-corrected chi connectivity index (χ0v) is 14.4. The van der Waals surface area contributed by atoms with Crippen molar-refractivity contribution in [1.82, 2.24) is 9.80 Å². The van der Waals surface area contributed by atoms with Gasteiger partial charge in [0.1, 0.15) is 0 Å². The standard InChI is InChI=1S/C18H34N2/c1-17(2,3)15-7-13-9-19(10-14(13)8-15)16-11-20(12-16)18(4,5)6/h13-16H,7-12H2,1-6H3/t13-,14-/m0/s1. The summed E-state index contributed by atoms with van der Waals surface area (Å²) >= 11 is 0. The quantitative estimate of drug-likeness (QED) is 0.724. The molecule has 3 fully saturated rings. The molecule has 0 aromatic carbocycles. The van der Waals surface area contributed by atoms with Crippen molar-refractivity contribution in [3.05, 3.63) is 0 Å². The smallest absolute Gasteiger partial charge is 0.0351 e. The third-order valence-electron chi connectivity index (χ3n) is 6.33. The fourth-order valence-electron chi connectivity index (χ4n) is 4.58. The van der Waals surface area contributed by atoms with E-state index >= 15 is 0 Å². The first-order valence-corrected chi connectivity index (χ1v) is 8.63. The highest BCUT2D eigenvalue weighted by molar-refractivity contribution is 5.01. The highest BCUT2D eigenvalue weighted by Gasteiger charge is 2.47. The van der Waals surface area contributed by atoms with Crippen LogP contribution in [0.5, 0.6) is 0 Å². The molecule has 116 valence electrons. The summed E-state index contributed by atoms with van der Waals surface area (Å²) in [5.41, 5.74) is 0.887. The van der Waals surface area contributed by atoms with Crippen LogP contribution >= 0.6 is 0 Å². The number of fused-ring (bicyclic) bond motifs is 1. The number of likely N-dealkylation sites (tertiary alicyclic amines) is 2. The van der Waals surface area contributed by atoms with Crippen LogP contribution in [0.3, 0.4) is 0 Å². The topological polar surface area (TPSA) is 6.48 Å². The Hall–Kier alpha value is -0.0800. The molecule has 0 aromatic rings. The minimum absolute atomic E-state index is 0.365. The summed E-state index contributed by atoms with van der Waals surface area (Å²) in [7, 11) is 0. The van der Waals surface area contributed by atoms with Crippen LogP contribution in [-0.2, 0) is 0 Å². The van der Waals surface area contributed by atoms with Gasteiger partial charge in [0.05, 0.1) is 0 Å². The van der Waals surface area contributed by atoms with Crippen LogP contribution < -0.4 is 0 Å². The molecular weight excluding hydrogens is 244 g/mol. The van der Waals surface area contributed by atoms with E-state index in [-0.39, 0.29) is 0 Å². The van der Waals surface area contributed by atoms with Crippen molar-refractivity contribution < 1.29 is 0 Å². The van der Waals surface area contributed by atoms with Gasteiger partial charge in [-0.2, -0.15) is 0 Å². The lowest BCUT2D eigenvalue weighted by Gasteiger charge is -2.51. The number of hydrogen-bond acceptors (Lipinski definition) is 2. The van der Waals surface area contributed by atoms with Crippen LogP contribution in [0.15, 0.2) is 0 Å². The zero-order chi connectivity index (χ0) is 14.7. The molecule has 2 aliphatic heterocycles. The average molecular weight is 278 g/mol. The maximum atomic E-state index is 2.82. The molecule has 3 rings (SSSR count). The molecule has 2 heteroatoms. The van der Waals surface area contributed by atoms with E-state index < -0.39 is 0 Å². The second-order valence-corrected chi connectivity index (χ2v) is 9.74. The molecule has 20 heavy (non-hydrogen) atoms. The lowest BCUT2D eigenvalue weighted by molar-refractivity contribution is -0.0173. The van der Waals surface area contributed by atoms with Gasteiger partial charge in [0.2, 0.25) is 0 Å². The lowest BCUT2D eigenvalue weighted by Crippen LogP contribution is -2.64. The van der Waals surface area contributed by atoms with Gasteiger partial charge in [0.15, 0.2) is 0 Å². The molecule has 1 saturated carbocycles. The molecule has 0 N–H and O–H groups in total. The van der Waals surface area contributed by atoms with Crippen molar-refractivity contribution in [2.24, 2.45) is 23.2 Å². The Balaban J connectivity index is 1.50. The molecule has 2 atom stereocenters. The molecule has 0 radical (unpaired) electrons. The maximum absolute atomic E-state index is 2.82. The Morgan fingerprint density at radius 2 is 1.25 bits per heavy atom. The summed E-state index contributed by atoms with van der Waals surface area (Å²) in [6.07, 6.45) is 2.97. The maximum Gasteiger partial charge on any atom is 0.0351 e. The normalized spacial score (nSPS) is 34.5. The lowest BCUT2D eigenvalue weighted by atomic mass is 9.79. The van der Waals surface area contributed by atoms with Crippen molar-refractivity contribution in [3.8, 4) is 0 Å². The molecule has 2 heterocycles. The van der Waals surface area contributed by atoms with Crippen molar-refractivity contribution in [3.63, 3.8) is 0 Å². The zero-order valence-electron chi connectivity index (χ0n) is 14.4. The molecule has 0 amide bonds. The summed E-state index contributed by atoms with van der Waals surface area (Å²) in [5, 5.41) is 0. The summed E-state index contributed by atoms with van der Waals surface area (Å²) in [6.45, 7) is 19.7. The van der Waals surface area contributed by atoms with Crippen LogP contribution in [0.25, 0.3) is 0 Å². The number of rotatable bonds is 1. The van der Waals surface area contributed by atoms with Gasteiger partial charge >= 0.3 is 0 Å². The Morgan fingerprint density at radius 1 is 0.750 bits per heavy atom. The van der Waals surface area contributed by atoms with Gasteiger partial charge in [-0.1, -0.05) is 20.8 Å². The fraction of sp³-hybridized carbons (Fsp3) is 1.00. The molecule has 0 aromatic heterocycles. The third-order valence-corrected chi connectivity index (χ3v) is 6.33. The summed E-state index contributed by atoms with van der Waals surface area (Å²) < 4.78 is 0. The minimum atomic E-state index is 0.365. The largest absolute Gasteiger partial charge is 0.297 e. The van der Waals surface area contributed by atoms with Crippen LogP contribution in [-0.4, -0.2) is 47.6 Å². The van der Waals surface area contributed by atoms with Crippen molar-refractivity contribution in [1.29, 1.82) is 0 Å². The first kappa shape index (κ1) is 14.8. The van der Waals surface area contributed by atoms with E-state index in [1.807, 2.05) is 0 Å². The summed E-state index contributed by atoms with van der Waals surface area (Å²) in [5.74, 6) is 2.97. The van der Waals surface area contributed by atoms with Crippen LogP contribution in [0.2, 0.25) is 0 Å². The van der Waals surface area contributed by atoms with Crippen molar-refractivity contribution in [2.75, 3.05) is 26.2 Å². The first-order valence-electron chi connectivity index (χ1n) is 8.63. The summed E-state index contributed by atoms with van der Waals surface area (Å²) in [6, 6.07) is 0.855. The molecule has 0 bridgehead atoms. The summed E-state index contributed by atoms with van der Waals surface area (Å²) in [4.78, 5) is 5.44. The van der Waals surface area contributed by atoms with Gasteiger partial charge in [-0.3, -0.25) is 9.80 Å². The van der Waals surface area contributed by atoms with Gasteiger partial charge < -0.3 is 0 Å². The Kier molecular flexibility index (Phi) is 3.49. The Labute approximate surface area is 125 Å². The van der Waals surface area contributed by atoms with Crippen LogP contribution in [0.4, 0.5) is 0 Å². The first-order chi connectivity index (χ1) is 9.14. The monoisotopic (exact) mass is 278 g/mol. The van der Waals surface area contributed by atoms with E-state index in [1.54, 1.807) is 0 Å². The van der Waals surface area contributed by atoms with E-state index in [9.17, 15) is 0 Å². The second-order valence-electron chi connectivity index (χ2n) is 9.74. The van der Waals surface area contributed by atoms with Gasteiger partial charge in [-0.15, -0.1) is 0 Å². The van der Waals surface area contributed by atoms with Gasteiger partial charge in [-0.25, -0.2) is 0 Å². The highest BCUT2D eigenvalue weighted by Crippen LogP contribution is 2.49. The molecular formula is C18H34N2. The molecule has 2 saturated heterocycles. The molecule has 1 aliphatic carbocycles. The van der Waals surface area contributed by atoms with Crippen LogP contribution in [0, 0.1) is 23.2 Å². The van der Waals surface area contributed by atoms with Crippen LogP contribution in [0.1, 0.15) is 54.4 Å². The van der Waals surface area contributed by atoms with E-state index in [0.29, 0.717) is 11.0 Å². The average Bonchev–Trinajstić information content (AvgIpc) is 2.67. The van der Waals surface area contributed by atoms with E-state index in [1.165, 1.54) is 39.0 Å². The predicted molar refractivity (Wildman–Crippen MR) is 85.8 cm³/mol. The van der Waals surface area contributed by atoms with Gasteiger partial charge in [0.25, 0.3) is 0 Å².